The fourth-order valence-corrected chi connectivity index (χ4v) is 7.04. The van der Waals surface area contributed by atoms with Crippen molar-refractivity contribution in [2.45, 2.75) is 0 Å². The lowest BCUT2D eigenvalue weighted by Crippen LogP contribution is -1.99. The summed E-state index contributed by atoms with van der Waals surface area (Å²) in [7, 11) is 0. The molecular formula is C39H20N6. The van der Waals surface area contributed by atoms with E-state index in [4.69, 9.17) is 0 Å². The summed E-state index contributed by atoms with van der Waals surface area (Å²) in [4.78, 5) is 0. The Kier molecular flexibility index (Phi) is 5.00. The van der Waals surface area contributed by atoms with E-state index in [0.29, 0.717) is 16.7 Å². The summed E-state index contributed by atoms with van der Waals surface area (Å²) >= 11 is 0. The van der Waals surface area contributed by atoms with E-state index in [0.717, 1.165) is 71.4 Å². The lowest BCUT2D eigenvalue weighted by molar-refractivity contribution is 1.15. The molecule has 0 aliphatic rings. The highest BCUT2D eigenvalue weighted by molar-refractivity contribution is 6.19. The van der Waals surface area contributed by atoms with Crippen molar-refractivity contribution in [3.63, 3.8) is 0 Å². The number of hydrogen-bond donors (Lipinski definition) is 0. The molecule has 9 rings (SSSR count). The van der Waals surface area contributed by atoms with E-state index in [1.807, 2.05) is 66.7 Å². The Morgan fingerprint density at radius 1 is 0.378 bits per heavy atom. The summed E-state index contributed by atoms with van der Waals surface area (Å²) in [6.45, 7) is 0. The smallest absolute Gasteiger partial charge is 0.0991 e. The zero-order chi connectivity index (χ0) is 30.2. The van der Waals surface area contributed by atoms with Gasteiger partial charge in [0.1, 0.15) is 0 Å². The van der Waals surface area contributed by atoms with Crippen LogP contribution in [0.2, 0.25) is 0 Å². The van der Waals surface area contributed by atoms with Gasteiger partial charge in [-0.15, -0.1) is 0 Å². The van der Waals surface area contributed by atoms with Crippen LogP contribution in [0.5, 0.6) is 0 Å². The van der Waals surface area contributed by atoms with Crippen LogP contribution in [-0.4, -0.2) is 13.4 Å². The molecule has 0 bridgehead atoms. The molecule has 0 amide bonds. The summed E-state index contributed by atoms with van der Waals surface area (Å²) in [6, 6.07) is 47.4. The number of benzene rings is 6. The lowest BCUT2D eigenvalue weighted by Gasteiger charge is -2.13. The van der Waals surface area contributed by atoms with Crippen LogP contribution in [0.25, 0.3) is 71.4 Å². The maximum absolute atomic E-state index is 9.83. The van der Waals surface area contributed by atoms with Crippen molar-refractivity contribution in [3.8, 4) is 23.9 Å². The topological polar surface area (TPSA) is 85.1 Å². The summed E-state index contributed by atoms with van der Waals surface area (Å²) in [5.74, 6) is 0. The van der Waals surface area contributed by atoms with Crippen LogP contribution in [0.15, 0.2) is 121 Å². The SMILES string of the molecule is N#Cc1ccc(-n2c3ccccc3n3c4ccc(C#N)cc4c4cccc(c43)n3c4ccc(C#N)cc4c4cccc2c43)cc1. The third kappa shape index (κ3) is 3.30. The maximum Gasteiger partial charge on any atom is 0.0991 e. The average molecular weight is 573 g/mol. The van der Waals surface area contributed by atoms with Gasteiger partial charge in [-0.1, -0.05) is 36.4 Å². The molecule has 0 atom stereocenters. The Bertz CT molecular complexity index is 2890. The van der Waals surface area contributed by atoms with Crippen molar-refractivity contribution in [2.24, 2.45) is 0 Å². The second kappa shape index (κ2) is 9.09. The zero-order valence-electron chi connectivity index (χ0n) is 23.7. The van der Waals surface area contributed by atoms with Gasteiger partial charge < -0.3 is 13.4 Å². The van der Waals surface area contributed by atoms with Crippen molar-refractivity contribution < 1.29 is 0 Å². The first-order valence-corrected chi connectivity index (χ1v) is 14.5. The van der Waals surface area contributed by atoms with E-state index in [9.17, 15) is 15.8 Å². The molecule has 9 aromatic rings. The minimum absolute atomic E-state index is 0.589. The largest absolute Gasteiger partial charge is 0.306 e. The van der Waals surface area contributed by atoms with Crippen LogP contribution in [-0.2, 0) is 0 Å². The highest BCUT2D eigenvalue weighted by atomic mass is 15.0. The molecule has 0 radical (unpaired) electrons. The monoisotopic (exact) mass is 572 g/mol. The summed E-state index contributed by atoms with van der Waals surface area (Å²) in [5.41, 5.74) is 10.6. The normalized spacial score (nSPS) is 11.5. The molecule has 6 aromatic carbocycles. The van der Waals surface area contributed by atoms with Gasteiger partial charge in [-0.25, -0.2) is 0 Å². The van der Waals surface area contributed by atoms with Crippen molar-refractivity contribution >= 4 is 65.7 Å². The molecule has 0 N–H and O–H groups in total. The lowest BCUT2D eigenvalue weighted by atomic mass is 10.1. The van der Waals surface area contributed by atoms with E-state index in [-0.39, 0.29) is 0 Å². The summed E-state index contributed by atoms with van der Waals surface area (Å²) in [6.07, 6.45) is 0. The highest BCUT2D eigenvalue weighted by Gasteiger charge is 2.20. The molecule has 0 fully saturated rings. The van der Waals surface area contributed by atoms with Crippen LogP contribution in [0.3, 0.4) is 0 Å². The van der Waals surface area contributed by atoms with Gasteiger partial charge in [-0.2, -0.15) is 15.8 Å². The summed E-state index contributed by atoms with van der Waals surface area (Å²) in [5, 5.41) is 33.3. The standard InChI is InChI=1S/C39H20N6/c40-21-24-11-15-27(16-12-24)43-34-7-1-2-8-35(34)44-32-17-13-25(22-41)19-30(32)29-6-4-10-37(39(29)44)45-33-18-14-26(23-42)20-31(33)28-5-3-9-36(43)38(28)45/h1-20H. The zero-order valence-corrected chi connectivity index (χ0v) is 23.7. The molecule has 0 spiro atoms. The molecule has 0 unspecified atom stereocenters. The molecule has 6 nitrogen and oxygen atoms in total. The van der Waals surface area contributed by atoms with E-state index < -0.39 is 0 Å². The first kappa shape index (κ1) is 24.8. The Morgan fingerprint density at radius 3 is 1.47 bits per heavy atom. The quantitative estimate of drug-likeness (QED) is 0.197. The Hall–Kier alpha value is -6.81. The second-order valence-corrected chi connectivity index (χ2v) is 11.2. The van der Waals surface area contributed by atoms with Crippen molar-refractivity contribution in [1.82, 2.24) is 13.4 Å². The number of nitriles is 3. The van der Waals surface area contributed by atoms with Crippen molar-refractivity contribution in [3.05, 3.63) is 138 Å². The van der Waals surface area contributed by atoms with Gasteiger partial charge in [0, 0.05) is 27.2 Å². The highest BCUT2D eigenvalue weighted by Crippen LogP contribution is 2.39. The Balaban J connectivity index is 1.71. The maximum atomic E-state index is 9.83. The third-order valence-electron chi connectivity index (χ3n) is 8.89. The van der Waals surface area contributed by atoms with E-state index in [1.54, 1.807) is 0 Å². The Labute approximate surface area is 256 Å². The van der Waals surface area contributed by atoms with Crippen LogP contribution in [0, 0.1) is 34.0 Å². The van der Waals surface area contributed by atoms with E-state index in [1.165, 1.54) is 0 Å². The molecular weight excluding hydrogens is 552 g/mol. The predicted molar refractivity (Wildman–Crippen MR) is 178 cm³/mol. The molecule has 0 saturated heterocycles. The van der Waals surface area contributed by atoms with Crippen LogP contribution in [0.4, 0.5) is 0 Å². The number of fused-ring (bicyclic) bond motifs is 9. The van der Waals surface area contributed by atoms with Gasteiger partial charge in [0.2, 0.25) is 0 Å². The van der Waals surface area contributed by atoms with Crippen molar-refractivity contribution in [2.75, 3.05) is 0 Å². The number of rotatable bonds is 1. The fraction of sp³-hybridized carbons (Fsp3) is 0. The van der Waals surface area contributed by atoms with Crippen LogP contribution >= 0.6 is 0 Å². The fourth-order valence-electron chi connectivity index (χ4n) is 7.04. The van der Waals surface area contributed by atoms with Crippen LogP contribution < -0.4 is 0 Å². The van der Waals surface area contributed by atoms with Gasteiger partial charge in [-0.05, 0) is 84.9 Å². The molecule has 3 heterocycles. The van der Waals surface area contributed by atoms with E-state index in [2.05, 4.69) is 86.2 Å². The number of nitrogens with zero attached hydrogens (tertiary/aromatic N) is 6. The first-order chi connectivity index (χ1) is 22.2. The average Bonchev–Trinajstić information content (AvgIpc) is 3.62. The van der Waals surface area contributed by atoms with Gasteiger partial charge in [-0.3, -0.25) is 0 Å². The van der Waals surface area contributed by atoms with Crippen LogP contribution in [0.1, 0.15) is 16.7 Å². The second-order valence-electron chi connectivity index (χ2n) is 11.2. The third-order valence-corrected chi connectivity index (χ3v) is 8.89. The predicted octanol–water partition coefficient (Wildman–Crippen LogP) is 8.93. The minimum atomic E-state index is 0.589. The molecule has 3 aromatic heterocycles. The van der Waals surface area contributed by atoms with Gasteiger partial charge in [0.05, 0.1) is 79.0 Å². The number of hydrogen-bond acceptors (Lipinski definition) is 3. The summed E-state index contributed by atoms with van der Waals surface area (Å²) < 4.78 is 6.87. The molecule has 45 heavy (non-hydrogen) atoms. The first-order valence-electron chi connectivity index (χ1n) is 14.5. The van der Waals surface area contributed by atoms with Gasteiger partial charge in [0.15, 0.2) is 0 Å². The number of para-hydroxylation sites is 4. The van der Waals surface area contributed by atoms with Gasteiger partial charge >= 0.3 is 0 Å². The molecule has 0 aliphatic carbocycles. The van der Waals surface area contributed by atoms with Crippen molar-refractivity contribution in [1.29, 1.82) is 15.8 Å². The molecule has 0 saturated carbocycles. The molecule has 206 valence electrons. The number of aromatic nitrogens is 3. The minimum Gasteiger partial charge on any atom is -0.306 e. The van der Waals surface area contributed by atoms with E-state index >= 15 is 0 Å². The molecule has 0 aliphatic heterocycles. The molecule has 6 heteroatoms. The van der Waals surface area contributed by atoms with Gasteiger partial charge in [0.25, 0.3) is 0 Å². The Morgan fingerprint density at radius 2 is 0.867 bits per heavy atom.